The van der Waals surface area contributed by atoms with Crippen LogP contribution >= 0.6 is 0 Å². The minimum absolute atomic E-state index is 0.191. The van der Waals surface area contributed by atoms with Crippen molar-refractivity contribution in [2.45, 2.75) is 26.2 Å². The molecule has 1 aliphatic heterocycles. The Morgan fingerprint density at radius 3 is 2.58 bits per heavy atom. The molecule has 0 aliphatic carbocycles. The lowest BCUT2D eigenvalue weighted by atomic mass is 9.72. The summed E-state index contributed by atoms with van der Waals surface area (Å²) in [4.78, 5) is 16.9. The number of nitrogens with one attached hydrogen (secondary N) is 2. The van der Waals surface area contributed by atoms with E-state index in [-0.39, 0.29) is 11.3 Å². The van der Waals surface area contributed by atoms with Gasteiger partial charge in [0, 0.05) is 18.9 Å². The zero-order valence-electron chi connectivity index (χ0n) is 14.2. The summed E-state index contributed by atoms with van der Waals surface area (Å²) in [5.74, 6) is 0.191. The number of hydrogen-bond donors (Lipinski definition) is 2. The fourth-order valence-electron chi connectivity index (χ4n) is 3.59. The molecule has 3 rings (SSSR count). The van der Waals surface area contributed by atoms with E-state index in [1.165, 1.54) is 11.1 Å². The lowest BCUT2D eigenvalue weighted by Crippen LogP contribution is -2.48. The molecule has 2 N–H and O–H groups in total. The fraction of sp³-hybridized carbons (Fsp3) is 0.400. The maximum Gasteiger partial charge on any atom is 0.226 e. The van der Waals surface area contributed by atoms with Crippen LogP contribution in [-0.4, -0.2) is 30.5 Å². The first-order valence-corrected chi connectivity index (χ1v) is 8.72. The van der Waals surface area contributed by atoms with Gasteiger partial charge >= 0.3 is 0 Å². The summed E-state index contributed by atoms with van der Waals surface area (Å²) in [7, 11) is 0. The van der Waals surface area contributed by atoms with Crippen LogP contribution in [0.15, 0.2) is 48.8 Å². The van der Waals surface area contributed by atoms with Crippen LogP contribution < -0.4 is 10.6 Å². The largest absolute Gasteiger partial charge is 0.356 e. The number of carbonyl (C=O) groups is 1. The van der Waals surface area contributed by atoms with E-state index in [1.54, 1.807) is 0 Å². The van der Waals surface area contributed by atoms with E-state index in [9.17, 15) is 4.79 Å². The highest BCUT2D eigenvalue weighted by Gasteiger charge is 2.39. The third-order valence-electron chi connectivity index (χ3n) is 4.92. The molecule has 0 unspecified atom stereocenters. The van der Waals surface area contributed by atoms with Crippen molar-refractivity contribution in [2.75, 3.05) is 19.6 Å². The summed E-state index contributed by atoms with van der Waals surface area (Å²) in [5.41, 5.74) is 3.27. The van der Waals surface area contributed by atoms with Gasteiger partial charge in [-0.1, -0.05) is 24.3 Å². The van der Waals surface area contributed by atoms with E-state index in [4.69, 9.17) is 0 Å². The van der Waals surface area contributed by atoms with Crippen LogP contribution in [0.3, 0.4) is 0 Å². The van der Waals surface area contributed by atoms with E-state index < -0.39 is 0 Å². The Kier molecular flexibility index (Phi) is 5.26. The van der Waals surface area contributed by atoms with Crippen LogP contribution in [0.25, 0.3) is 11.1 Å². The van der Waals surface area contributed by atoms with Crippen LogP contribution in [0.2, 0.25) is 0 Å². The van der Waals surface area contributed by atoms with Crippen molar-refractivity contribution in [1.82, 2.24) is 15.6 Å². The van der Waals surface area contributed by atoms with Gasteiger partial charge in [0.2, 0.25) is 5.91 Å². The minimum Gasteiger partial charge on any atom is -0.356 e. The molecule has 0 saturated carbocycles. The second-order valence-electron chi connectivity index (χ2n) is 6.46. The number of piperidine rings is 1. The molecule has 24 heavy (non-hydrogen) atoms. The van der Waals surface area contributed by atoms with Crippen LogP contribution in [0.4, 0.5) is 0 Å². The molecule has 0 bridgehead atoms. The second kappa shape index (κ2) is 7.58. The maximum absolute atomic E-state index is 12.8. The highest BCUT2D eigenvalue weighted by atomic mass is 16.2. The normalized spacial score (nSPS) is 16.5. The summed E-state index contributed by atoms with van der Waals surface area (Å²) < 4.78 is 0. The average molecular weight is 323 g/mol. The number of aromatic nitrogens is 1. The number of benzene rings is 1. The first-order valence-electron chi connectivity index (χ1n) is 8.72. The zero-order valence-corrected chi connectivity index (χ0v) is 14.2. The second-order valence-corrected chi connectivity index (χ2v) is 6.46. The molecule has 0 atom stereocenters. The van der Waals surface area contributed by atoms with Gasteiger partial charge in [-0.3, -0.25) is 9.78 Å². The summed E-state index contributed by atoms with van der Waals surface area (Å²) in [6.45, 7) is 4.46. The molecule has 1 aliphatic rings. The molecular formula is C20H25N3O. The molecule has 1 aromatic carbocycles. The van der Waals surface area contributed by atoms with E-state index in [1.807, 2.05) is 31.5 Å². The van der Waals surface area contributed by atoms with Gasteiger partial charge in [-0.2, -0.15) is 0 Å². The van der Waals surface area contributed by atoms with Gasteiger partial charge in [-0.25, -0.2) is 0 Å². The number of nitrogens with zero attached hydrogens (tertiary/aromatic N) is 1. The standard InChI is InChI=1S/C20H25N3O/c1-2-23-19(24)20(9-13-22-14-10-20)15-17-5-3-4-6-18(17)16-7-11-21-12-8-16/h3-8,11-12,22H,2,9-10,13-15H2,1H3,(H,23,24). The van der Waals surface area contributed by atoms with Gasteiger partial charge in [-0.05, 0) is 68.1 Å². The minimum atomic E-state index is -0.315. The predicted molar refractivity (Wildman–Crippen MR) is 96.6 cm³/mol. The molecule has 1 aromatic heterocycles. The van der Waals surface area contributed by atoms with E-state index in [0.29, 0.717) is 6.54 Å². The smallest absolute Gasteiger partial charge is 0.226 e. The topological polar surface area (TPSA) is 54.0 Å². The number of amides is 1. The predicted octanol–water partition coefficient (Wildman–Crippen LogP) is 2.80. The number of hydrogen-bond acceptors (Lipinski definition) is 3. The molecule has 0 spiro atoms. The summed E-state index contributed by atoms with van der Waals surface area (Å²) in [6.07, 6.45) is 6.17. The molecule has 1 amide bonds. The van der Waals surface area contributed by atoms with Crippen molar-refractivity contribution in [3.05, 3.63) is 54.4 Å². The quantitative estimate of drug-likeness (QED) is 0.889. The van der Waals surface area contributed by atoms with Crippen LogP contribution in [0.5, 0.6) is 0 Å². The average Bonchev–Trinajstić information content (AvgIpc) is 2.64. The molecule has 4 heteroatoms. The lowest BCUT2D eigenvalue weighted by molar-refractivity contribution is -0.132. The highest BCUT2D eigenvalue weighted by Crippen LogP contribution is 2.36. The van der Waals surface area contributed by atoms with Gasteiger partial charge in [0.25, 0.3) is 0 Å². The van der Waals surface area contributed by atoms with E-state index in [0.717, 1.165) is 37.9 Å². The van der Waals surface area contributed by atoms with Crippen molar-refractivity contribution >= 4 is 5.91 Å². The zero-order chi connectivity index (χ0) is 16.8. The van der Waals surface area contributed by atoms with Crippen molar-refractivity contribution in [1.29, 1.82) is 0 Å². The Bertz CT molecular complexity index is 678. The summed E-state index contributed by atoms with van der Waals surface area (Å²) in [5, 5.41) is 6.44. The SMILES string of the molecule is CCNC(=O)C1(Cc2ccccc2-c2ccncc2)CCNCC1. The van der Waals surface area contributed by atoms with Crippen LogP contribution in [0, 0.1) is 5.41 Å². The van der Waals surface area contributed by atoms with Gasteiger partial charge in [0.15, 0.2) is 0 Å². The van der Waals surface area contributed by atoms with Crippen molar-refractivity contribution < 1.29 is 4.79 Å². The molecule has 4 nitrogen and oxygen atoms in total. The fourth-order valence-corrected chi connectivity index (χ4v) is 3.59. The third-order valence-corrected chi connectivity index (χ3v) is 4.92. The monoisotopic (exact) mass is 323 g/mol. The molecule has 2 aromatic rings. The van der Waals surface area contributed by atoms with Crippen molar-refractivity contribution in [3.8, 4) is 11.1 Å². The molecule has 1 fully saturated rings. The molecular weight excluding hydrogens is 298 g/mol. The first-order chi connectivity index (χ1) is 11.7. The van der Waals surface area contributed by atoms with Gasteiger partial charge in [0.1, 0.15) is 0 Å². The van der Waals surface area contributed by atoms with Gasteiger partial charge in [-0.15, -0.1) is 0 Å². The van der Waals surface area contributed by atoms with E-state index >= 15 is 0 Å². The highest BCUT2D eigenvalue weighted by molar-refractivity contribution is 5.83. The Labute approximate surface area is 143 Å². The molecule has 126 valence electrons. The Morgan fingerprint density at radius 1 is 1.17 bits per heavy atom. The number of carbonyl (C=O) groups excluding carboxylic acids is 1. The first kappa shape index (κ1) is 16.7. The van der Waals surface area contributed by atoms with Crippen LogP contribution in [-0.2, 0) is 11.2 Å². The van der Waals surface area contributed by atoms with Gasteiger partial charge in [0.05, 0.1) is 5.41 Å². The molecule has 0 radical (unpaired) electrons. The molecule has 2 heterocycles. The number of rotatable bonds is 5. The Hall–Kier alpha value is -2.20. The van der Waals surface area contributed by atoms with E-state index in [2.05, 4.69) is 39.9 Å². The van der Waals surface area contributed by atoms with Gasteiger partial charge < -0.3 is 10.6 Å². The molecule has 1 saturated heterocycles. The third kappa shape index (κ3) is 3.49. The maximum atomic E-state index is 12.8. The lowest BCUT2D eigenvalue weighted by Gasteiger charge is -2.36. The Morgan fingerprint density at radius 2 is 1.88 bits per heavy atom. The summed E-state index contributed by atoms with van der Waals surface area (Å²) >= 11 is 0. The van der Waals surface area contributed by atoms with Crippen molar-refractivity contribution in [3.63, 3.8) is 0 Å². The van der Waals surface area contributed by atoms with Crippen molar-refractivity contribution in [2.24, 2.45) is 5.41 Å². The summed E-state index contributed by atoms with van der Waals surface area (Å²) in [6, 6.07) is 12.5. The Balaban J connectivity index is 1.95. The van der Waals surface area contributed by atoms with Crippen LogP contribution in [0.1, 0.15) is 25.3 Å². The number of pyridine rings is 1.